The Morgan fingerprint density at radius 2 is 1.91 bits per heavy atom. The van der Waals surface area contributed by atoms with Gasteiger partial charge in [-0.15, -0.1) is 0 Å². The Hall–Kier alpha value is -3.84. The second-order valence-electron chi connectivity index (χ2n) is 8.81. The van der Waals surface area contributed by atoms with Crippen LogP contribution in [0.15, 0.2) is 30.6 Å². The minimum absolute atomic E-state index is 0.173. The highest BCUT2D eigenvalue weighted by Crippen LogP contribution is 2.35. The smallest absolute Gasteiger partial charge is 0.255 e. The Labute approximate surface area is 195 Å². The predicted octanol–water partition coefficient (Wildman–Crippen LogP) is 1.18. The standard InChI is InChI=1S/C24H23FN6O3/c25-17-8-18-19(14-31(24(18)34)20-1-2-22(32)28-23(20)33)21(9-17)30-5-3-29(4-6-30)13-16-7-15(10-26)11-27-12-16/h7-9,11-12,20H,1-6,13-14H2,(H,28,32,33). The van der Waals surface area contributed by atoms with Crippen molar-refractivity contribution in [2.45, 2.75) is 32.0 Å². The molecule has 0 spiro atoms. The van der Waals surface area contributed by atoms with Gasteiger partial charge in [-0.2, -0.15) is 5.26 Å². The number of amides is 3. The maximum absolute atomic E-state index is 14.5. The molecule has 1 unspecified atom stereocenters. The summed E-state index contributed by atoms with van der Waals surface area (Å²) in [4.78, 5) is 46.8. The zero-order valence-corrected chi connectivity index (χ0v) is 18.5. The van der Waals surface area contributed by atoms with Gasteiger partial charge in [0.15, 0.2) is 0 Å². The number of hydrogen-bond acceptors (Lipinski definition) is 7. The summed E-state index contributed by atoms with van der Waals surface area (Å²) in [6, 6.07) is 5.88. The number of benzene rings is 1. The zero-order valence-electron chi connectivity index (χ0n) is 18.5. The maximum atomic E-state index is 14.5. The molecule has 174 valence electrons. The molecule has 1 atom stereocenters. The van der Waals surface area contributed by atoms with Crippen LogP contribution in [-0.2, 0) is 22.7 Å². The molecule has 4 heterocycles. The number of fused-ring (bicyclic) bond motifs is 1. The van der Waals surface area contributed by atoms with Crippen molar-refractivity contribution in [3.05, 3.63) is 58.7 Å². The third kappa shape index (κ3) is 4.10. The molecule has 10 heteroatoms. The topological polar surface area (TPSA) is 110 Å². The van der Waals surface area contributed by atoms with Gasteiger partial charge in [0, 0.05) is 74.9 Å². The van der Waals surface area contributed by atoms with Crippen LogP contribution in [0.2, 0.25) is 0 Å². The van der Waals surface area contributed by atoms with E-state index in [1.807, 2.05) is 6.07 Å². The van der Waals surface area contributed by atoms with Gasteiger partial charge in [-0.3, -0.25) is 29.6 Å². The number of carbonyl (C=O) groups is 3. The second-order valence-corrected chi connectivity index (χ2v) is 8.81. The fourth-order valence-corrected chi connectivity index (χ4v) is 4.93. The number of pyridine rings is 1. The van der Waals surface area contributed by atoms with E-state index in [4.69, 9.17) is 5.26 Å². The number of piperidine rings is 1. The highest BCUT2D eigenvalue weighted by molar-refractivity contribution is 6.06. The van der Waals surface area contributed by atoms with Crippen molar-refractivity contribution in [2.75, 3.05) is 31.1 Å². The summed E-state index contributed by atoms with van der Waals surface area (Å²) in [5, 5.41) is 11.4. The fraction of sp³-hybridized carbons (Fsp3) is 0.375. The van der Waals surface area contributed by atoms with Crippen LogP contribution in [-0.4, -0.2) is 64.7 Å². The van der Waals surface area contributed by atoms with E-state index in [0.29, 0.717) is 30.9 Å². The molecule has 0 aliphatic carbocycles. The van der Waals surface area contributed by atoms with Gasteiger partial charge in [-0.1, -0.05) is 0 Å². The van der Waals surface area contributed by atoms with Crippen molar-refractivity contribution in [1.29, 1.82) is 5.26 Å². The molecule has 1 aromatic heterocycles. The lowest BCUT2D eigenvalue weighted by atomic mass is 10.0. The number of piperazine rings is 1. The summed E-state index contributed by atoms with van der Waals surface area (Å²) in [6.45, 7) is 3.63. The van der Waals surface area contributed by atoms with Gasteiger partial charge in [0.05, 0.1) is 5.56 Å². The number of nitriles is 1. The molecule has 0 radical (unpaired) electrons. The minimum Gasteiger partial charge on any atom is -0.369 e. The van der Waals surface area contributed by atoms with Crippen LogP contribution < -0.4 is 10.2 Å². The van der Waals surface area contributed by atoms with Crippen LogP contribution in [0.3, 0.4) is 0 Å². The summed E-state index contributed by atoms with van der Waals surface area (Å²) in [5.74, 6) is -1.70. The summed E-state index contributed by atoms with van der Waals surface area (Å²) in [5.41, 5.74) is 3.16. The van der Waals surface area contributed by atoms with E-state index < -0.39 is 17.8 Å². The Bertz CT molecular complexity index is 1220. The first-order valence-corrected chi connectivity index (χ1v) is 11.2. The molecular weight excluding hydrogens is 439 g/mol. The molecule has 5 rings (SSSR count). The summed E-state index contributed by atoms with van der Waals surface area (Å²) in [6.07, 6.45) is 3.72. The van der Waals surface area contributed by atoms with E-state index in [1.165, 1.54) is 23.2 Å². The summed E-state index contributed by atoms with van der Waals surface area (Å²) < 4.78 is 14.5. The second kappa shape index (κ2) is 8.83. The Balaban J connectivity index is 1.31. The third-order valence-corrected chi connectivity index (χ3v) is 6.64. The van der Waals surface area contributed by atoms with E-state index in [2.05, 4.69) is 26.2 Å². The molecule has 34 heavy (non-hydrogen) atoms. The number of carbonyl (C=O) groups excluding carboxylic acids is 3. The summed E-state index contributed by atoms with van der Waals surface area (Å²) >= 11 is 0. The minimum atomic E-state index is -0.733. The third-order valence-electron chi connectivity index (χ3n) is 6.64. The maximum Gasteiger partial charge on any atom is 0.255 e. The highest BCUT2D eigenvalue weighted by atomic mass is 19.1. The quantitative estimate of drug-likeness (QED) is 0.680. The predicted molar refractivity (Wildman–Crippen MR) is 119 cm³/mol. The molecule has 0 saturated carbocycles. The molecule has 2 saturated heterocycles. The number of aromatic nitrogens is 1. The Morgan fingerprint density at radius 3 is 2.65 bits per heavy atom. The van der Waals surface area contributed by atoms with Crippen molar-refractivity contribution in [2.24, 2.45) is 0 Å². The average molecular weight is 462 g/mol. The molecule has 3 amide bonds. The van der Waals surface area contributed by atoms with E-state index >= 15 is 0 Å². The highest BCUT2D eigenvalue weighted by Gasteiger charge is 2.41. The lowest BCUT2D eigenvalue weighted by Gasteiger charge is -2.37. The lowest BCUT2D eigenvalue weighted by molar-refractivity contribution is -0.136. The van der Waals surface area contributed by atoms with Crippen molar-refractivity contribution in [3.63, 3.8) is 0 Å². The van der Waals surface area contributed by atoms with Crippen LogP contribution in [0.25, 0.3) is 0 Å². The van der Waals surface area contributed by atoms with Crippen molar-refractivity contribution >= 4 is 23.4 Å². The van der Waals surface area contributed by atoms with Gasteiger partial charge in [-0.25, -0.2) is 4.39 Å². The van der Waals surface area contributed by atoms with Crippen molar-refractivity contribution in [3.8, 4) is 6.07 Å². The molecule has 2 fully saturated rings. The molecule has 1 aromatic carbocycles. The molecule has 3 aliphatic heterocycles. The number of rotatable bonds is 4. The first-order valence-electron chi connectivity index (χ1n) is 11.2. The molecule has 1 N–H and O–H groups in total. The monoisotopic (exact) mass is 462 g/mol. The zero-order chi connectivity index (χ0) is 23.8. The van der Waals surface area contributed by atoms with Crippen LogP contribution >= 0.6 is 0 Å². The number of nitrogens with zero attached hydrogens (tertiary/aromatic N) is 5. The van der Waals surface area contributed by atoms with Crippen LogP contribution in [0, 0.1) is 17.1 Å². The molecular formula is C24H23FN6O3. The van der Waals surface area contributed by atoms with Crippen LogP contribution in [0.1, 0.15) is 39.9 Å². The van der Waals surface area contributed by atoms with Gasteiger partial charge in [0.2, 0.25) is 11.8 Å². The largest absolute Gasteiger partial charge is 0.369 e. The van der Waals surface area contributed by atoms with E-state index in [9.17, 15) is 18.8 Å². The normalized spacial score (nSPS) is 20.8. The van der Waals surface area contributed by atoms with Crippen LogP contribution in [0.4, 0.5) is 10.1 Å². The van der Waals surface area contributed by atoms with E-state index in [1.54, 1.807) is 6.20 Å². The molecule has 2 aromatic rings. The number of imide groups is 1. The van der Waals surface area contributed by atoms with Crippen molar-refractivity contribution in [1.82, 2.24) is 20.1 Å². The first kappa shape index (κ1) is 22.0. The number of nitrogens with one attached hydrogen (secondary N) is 1. The van der Waals surface area contributed by atoms with Gasteiger partial charge < -0.3 is 9.80 Å². The Morgan fingerprint density at radius 1 is 1.12 bits per heavy atom. The number of halogens is 1. The van der Waals surface area contributed by atoms with Crippen molar-refractivity contribution < 1.29 is 18.8 Å². The van der Waals surface area contributed by atoms with E-state index in [-0.39, 0.29) is 36.8 Å². The van der Waals surface area contributed by atoms with Gasteiger partial charge in [0.1, 0.15) is 17.9 Å². The Kier molecular flexibility index (Phi) is 5.71. The fourth-order valence-electron chi connectivity index (χ4n) is 4.93. The van der Waals surface area contributed by atoms with Gasteiger partial charge >= 0.3 is 0 Å². The molecule has 9 nitrogen and oxygen atoms in total. The van der Waals surface area contributed by atoms with Gasteiger partial charge in [0.25, 0.3) is 5.91 Å². The first-order chi connectivity index (χ1) is 16.4. The number of hydrogen-bond donors (Lipinski definition) is 1. The molecule has 3 aliphatic rings. The molecule has 0 bridgehead atoms. The van der Waals surface area contributed by atoms with E-state index in [0.717, 1.165) is 24.2 Å². The van der Waals surface area contributed by atoms with Gasteiger partial charge in [-0.05, 0) is 30.2 Å². The SMILES string of the molecule is N#Cc1cncc(CN2CCN(c3cc(F)cc4c3CN(C3CCC(=O)NC3=O)C4=O)CC2)c1. The summed E-state index contributed by atoms with van der Waals surface area (Å²) in [7, 11) is 0. The average Bonchev–Trinajstić information content (AvgIpc) is 3.15. The lowest BCUT2D eigenvalue weighted by Crippen LogP contribution is -2.52. The number of anilines is 1. The van der Waals surface area contributed by atoms with Crippen LogP contribution in [0.5, 0.6) is 0 Å².